The van der Waals surface area contributed by atoms with Crippen molar-refractivity contribution in [2.24, 2.45) is 0 Å². The highest BCUT2D eigenvalue weighted by atomic mass is 32.1. The van der Waals surface area contributed by atoms with E-state index in [1.807, 2.05) is 36.4 Å². The Balaban J connectivity index is 1.78. The largest absolute Gasteiger partial charge is 0.495 e. The fourth-order valence-corrected chi connectivity index (χ4v) is 2.71. The lowest BCUT2D eigenvalue weighted by molar-refractivity contribution is -0.917. The number of para-hydroxylation sites is 2. The van der Waals surface area contributed by atoms with Crippen LogP contribution < -0.4 is 19.9 Å². The molecule has 1 aromatic carbocycles. The Morgan fingerprint density at radius 3 is 2.95 bits per heavy atom. The molecule has 2 N–H and O–H groups in total. The molecular formula is C15H18N3O2S+. The lowest BCUT2D eigenvalue weighted by Gasteiger charge is -2.35. The van der Waals surface area contributed by atoms with Crippen molar-refractivity contribution in [3.63, 3.8) is 0 Å². The number of thiocarbonyl (C=S) groups is 1. The average Bonchev–Trinajstić information content (AvgIpc) is 3.02. The molecule has 3 rings (SSSR count). The van der Waals surface area contributed by atoms with E-state index in [1.165, 1.54) is 4.90 Å². The number of nitrogens with zero attached hydrogens (tertiary/aromatic N) is 1. The Morgan fingerprint density at radius 2 is 2.19 bits per heavy atom. The minimum atomic E-state index is 0.725. The maximum absolute atomic E-state index is 5.44. The SMILES string of the molecule is COc1ccccc1N1C[NH+](Cc2ccco2)CNC1=S. The minimum Gasteiger partial charge on any atom is -0.495 e. The second-order valence-corrected chi connectivity index (χ2v) is 5.31. The molecule has 110 valence electrons. The van der Waals surface area contributed by atoms with Crippen LogP contribution >= 0.6 is 12.2 Å². The van der Waals surface area contributed by atoms with Crippen molar-refractivity contribution < 1.29 is 14.1 Å². The maximum Gasteiger partial charge on any atom is 0.182 e. The van der Waals surface area contributed by atoms with Crippen LogP contribution in [0, 0.1) is 0 Å². The Bertz CT molecular complexity index is 615. The number of hydrogen-bond donors (Lipinski definition) is 2. The van der Waals surface area contributed by atoms with Crippen LogP contribution in [0.1, 0.15) is 5.76 Å². The Hall–Kier alpha value is -2.05. The van der Waals surface area contributed by atoms with Gasteiger partial charge in [-0.2, -0.15) is 0 Å². The van der Waals surface area contributed by atoms with Crippen LogP contribution in [-0.4, -0.2) is 25.6 Å². The first kappa shape index (κ1) is 13.9. The molecule has 0 radical (unpaired) electrons. The molecule has 1 saturated heterocycles. The molecule has 0 amide bonds. The van der Waals surface area contributed by atoms with Crippen molar-refractivity contribution in [3.8, 4) is 5.75 Å². The number of benzene rings is 1. The Morgan fingerprint density at radius 1 is 1.33 bits per heavy atom. The molecule has 0 saturated carbocycles. The van der Waals surface area contributed by atoms with E-state index in [1.54, 1.807) is 13.4 Å². The zero-order chi connectivity index (χ0) is 14.7. The standard InChI is InChI=1S/C15H17N3O2S/c1-19-14-7-3-2-6-13(14)18-11-17(10-16-15(18)21)9-12-5-4-8-20-12/h2-8H,9-11H2,1H3,(H,16,21)/p+1. The molecule has 1 aromatic heterocycles. The first-order valence-corrected chi connectivity index (χ1v) is 7.23. The minimum absolute atomic E-state index is 0.725. The van der Waals surface area contributed by atoms with Crippen LogP contribution in [0.2, 0.25) is 0 Å². The first-order chi connectivity index (χ1) is 10.3. The van der Waals surface area contributed by atoms with Gasteiger partial charge in [0.25, 0.3) is 0 Å². The van der Waals surface area contributed by atoms with Crippen molar-refractivity contribution in [1.29, 1.82) is 0 Å². The van der Waals surface area contributed by atoms with Gasteiger partial charge in [-0.15, -0.1) is 0 Å². The van der Waals surface area contributed by atoms with Gasteiger partial charge in [-0.3, -0.25) is 9.80 Å². The molecule has 1 atom stereocenters. The number of methoxy groups -OCH3 is 1. The van der Waals surface area contributed by atoms with Crippen molar-refractivity contribution in [2.45, 2.75) is 6.54 Å². The second kappa shape index (κ2) is 6.15. The Labute approximate surface area is 129 Å². The molecule has 6 heteroatoms. The van der Waals surface area contributed by atoms with E-state index in [2.05, 4.69) is 10.2 Å². The van der Waals surface area contributed by atoms with Crippen molar-refractivity contribution in [2.75, 3.05) is 25.3 Å². The number of rotatable bonds is 4. The van der Waals surface area contributed by atoms with E-state index in [9.17, 15) is 0 Å². The van der Waals surface area contributed by atoms with Crippen molar-refractivity contribution >= 4 is 23.0 Å². The topological polar surface area (TPSA) is 42.1 Å². The molecule has 1 fully saturated rings. The highest BCUT2D eigenvalue weighted by Gasteiger charge is 2.27. The number of quaternary nitrogens is 1. The summed E-state index contributed by atoms with van der Waals surface area (Å²) in [5, 5.41) is 3.99. The summed E-state index contributed by atoms with van der Waals surface area (Å²) < 4.78 is 10.9. The molecule has 2 heterocycles. The zero-order valence-electron chi connectivity index (χ0n) is 11.8. The highest BCUT2D eigenvalue weighted by Crippen LogP contribution is 2.27. The molecule has 21 heavy (non-hydrogen) atoms. The van der Waals surface area contributed by atoms with Gasteiger partial charge in [0, 0.05) is 0 Å². The van der Waals surface area contributed by atoms with Gasteiger partial charge in [-0.05, 0) is 36.5 Å². The molecule has 2 aromatic rings. The van der Waals surface area contributed by atoms with Crippen molar-refractivity contribution in [1.82, 2.24) is 5.32 Å². The second-order valence-electron chi connectivity index (χ2n) is 4.92. The van der Waals surface area contributed by atoms with Crippen LogP contribution in [0.5, 0.6) is 5.75 Å². The molecular weight excluding hydrogens is 286 g/mol. The van der Waals surface area contributed by atoms with E-state index >= 15 is 0 Å². The molecule has 0 spiro atoms. The van der Waals surface area contributed by atoms with Crippen molar-refractivity contribution in [3.05, 3.63) is 48.4 Å². The van der Waals surface area contributed by atoms with E-state index in [-0.39, 0.29) is 0 Å². The molecule has 1 aliphatic heterocycles. The molecule has 1 aliphatic rings. The smallest absolute Gasteiger partial charge is 0.182 e. The first-order valence-electron chi connectivity index (χ1n) is 6.82. The molecule has 1 unspecified atom stereocenters. The zero-order valence-corrected chi connectivity index (χ0v) is 12.7. The quantitative estimate of drug-likeness (QED) is 0.825. The Kier molecular flexibility index (Phi) is 4.08. The summed E-state index contributed by atoms with van der Waals surface area (Å²) in [6.45, 7) is 2.37. The fourth-order valence-electron chi connectivity index (χ4n) is 2.47. The monoisotopic (exact) mass is 304 g/mol. The van der Waals surface area contributed by atoms with Crippen LogP contribution in [0.4, 0.5) is 5.69 Å². The van der Waals surface area contributed by atoms with Gasteiger partial charge in [-0.1, -0.05) is 12.1 Å². The summed E-state index contributed by atoms with van der Waals surface area (Å²) in [7, 11) is 1.67. The lowest BCUT2D eigenvalue weighted by Crippen LogP contribution is -3.16. The maximum atomic E-state index is 5.44. The summed E-state index contributed by atoms with van der Waals surface area (Å²) in [6, 6.07) is 11.8. The average molecular weight is 304 g/mol. The summed E-state index contributed by atoms with van der Waals surface area (Å²) in [5.41, 5.74) is 0.981. The van der Waals surface area contributed by atoms with Gasteiger partial charge >= 0.3 is 0 Å². The van der Waals surface area contributed by atoms with E-state index in [0.717, 1.165) is 42.2 Å². The van der Waals surface area contributed by atoms with E-state index < -0.39 is 0 Å². The van der Waals surface area contributed by atoms with Crippen LogP contribution in [0.25, 0.3) is 0 Å². The molecule has 0 aliphatic carbocycles. The third kappa shape index (κ3) is 3.01. The summed E-state index contributed by atoms with van der Waals surface area (Å²) in [5.74, 6) is 1.79. The van der Waals surface area contributed by atoms with Gasteiger partial charge in [0.2, 0.25) is 0 Å². The van der Waals surface area contributed by atoms with Gasteiger partial charge in [0.1, 0.15) is 12.3 Å². The summed E-state index contributed by atoms with van der Waals surface area (Å²) in [4.78, 5) is 3.39. The molecule has 5 nitrogen and oxygen atoms in total. The molecule has 0 bridgehead atoms. The van der Waals surface area contributed by atoms with Crippen LogP contribution in [-0.2, 0) is 6.54 Å². The predicted molar refractivity (Wildman–Crippen MR) is 84.3 cm³/mol. The van der Waals surface area contributed by atoms with Gasteiger partial charge in [0.15, 0.2) is 24.2 Å². The number of ether oxygens (including phenoxy) is 1. The third-order valence-corrected chi connectivity index (χ3v) is 3.86. The number of nitrogens with one attached hydrogen (secondary N) is 2. The summed E-state index contributed by atoms with van der Waals surface area (Å²) in [6.07, 6.45) is 1.70. The highest BCUT2D eigenvalue weighted by molar-refractivity contribution is 7.80. The van der Waals surface area contributed by atoms with Gasteiger partial charge in [-0.25, -0.2) is 0 Å². The number of furan rings is 1. The van der Waals surface area contributed by atoms with Crippen LogP contribution in [0.15, 0.2) is 47.1 Å². The van der Waals surface area contributed by atoms with Gasteiger partial charge < -0.3 is 14.5 Å². The number of hydrogen-bond acceptors (Lipinski definition) is 3. The predicted octanol–water partition coefficient (Wildman–Crippen LogP) is 0.983. The van der Waals surface area contributed by atoms with Gasteiger partial charge in [0.05, 0.1) is 19.1 Å². The lowest BCUT2D eigenvalue weighted by atomic mass is 10.2. The fraction of sp³-hybridized carbons (Fsp3) is 0.267. The normalized spacial score (nSPS) is 18.4. The van der Waals surface area contributed by atoms with Crippen LogP contribution in [0.3, 0.4) is 0 Å². The third-order valence-electron chi connectivity index (χ3n) is 3.50. The number of anilines is 1. The van der Waals surface area contributed by atoms with E-state index in [0.29, 0.717) is 0 Å². The van der Waals surface area contributed by atoms with E-state index in [4.69, 9.17) is 21.4 Å². The summed E-state index contributed by atoms with van der Waals surface area (Å²) >= 11 is 5.44.